The summed E-state index contributed by atoms with van der Waals surface area (Å²) in [6, 6.07) is 10.6. The van der Waals surface area contributed by atoms with Crippen LogP contribution in [0.1, 0.15) is 0 Å². The highest BCUT2D eigenvalue weighted by molar-refractivity contribution is 5.84. The smallest absolute Gasteiger partial charge is 0.229 e. The summed E-state index contributed by atoms with van der Waals surface area (Å²) in [7, 11) is 0. The lowest BCUT2D eigenvalue weighted by molar-refractivity contribution is -0.277. The lowest BCUT2D eigenvalue weighted by atomic mass is 9.99. The second-order valence-electron chi connectivity index (χ2n) is 6.86. The van der Waals surface area contributed by atoms with Crippen molar-refractivity contribution in [3.05, 3.63) is 42.5 Å². The lowest BCUT2D eigenvalue weighted by Gasteiger charge is -2.39. The zero-order valence-corrected chi connectivity index (χ0v) is 15.0. The number of hydrogen-bond donors (Lipinski definition) is 6. The highest BCUT2D eigenvalue weighted by atomic mass is 16.7. The normalized spacial score (nSPS) is 27.2. The standard InChI is InChI=1S/C20H20O9/c21-8-16-17(24)18(25)19(26)20(29-16)27-13-4-10(3-12(23)6-13)14-5-9-1-2-11(22)7-15(9)28-14/h1-7,16-26H,8H2/t16-,17-,18+,19-,20+/m1/s1. The van der Waals surface area contributed by atoms with E-state index in [1.165, 1.54) is 30.3 Å². The molecule has 0 spiro atoms. The molecule has 9 nitrogen and oxygen atoms in total. The second kappa shape index (κ2) is 7.54. The Labute approximate surface area is 164 Å². The molecular formula is C20H20O9. The van der Waals surface area contributed by atoms with Crippen LogP contribution in [-0.2, 0) is 4.74 Å². The van der Waals surface area contributed by atoms with E-state index < -0.39 is 37.3 Å². The third kappa shape index (κ3) is 3.74. The zero-order valence-electron chi connectivity index (χ0n) is 15.0. The van der Waals surface area contributed by atoms with Gasteiger partial charge >= 0.3 is 0 Å². The topological polar surface area (TPSA) is 153 Å². The summed E-state index contributed by atoms with van der Waals surface area (Å²) in [5, 5.41) is 59.5. The van der Waals surface area contributed by atoms with Crippen molar-refractivity contribution in [1.29, 1.82) is 0 Å². The van der Waals surface area contributed by atoms with Crippen LogP contribution in [-0.4, -0.2) is 68.0 Å². The van der Waals surface area contributed by atoms with E-state index in [9.17, 15) is 30.6 Å². The highest BCUT2D eigenvalue weighted by Gasteiger charge is 2.44. The maximum Gasteiger partial charge on any atom is 0.229 e. The van der Waals surface area contributed by atoms with Gasteiger partial charge < -0.3 is 44.5 Å². The fourth-order valence-electron chi connectivity index (χ4n) is 3.25. The van der Waals surface area contributed by atoms with Crippen molar-refractivity contribution < 1.29 is 44.5 Å². The minimum atomic E-state index is -1.58. The van der Waals surface area contributed by atoms with Crippen LogP contribution in [0.3, 0.4) is 0 Å². The Kier molecular flexibility index (Phi) is 5.07. The first kappa shape index (κ1) is 19.5. The third-order valence-corrected chi connectivity index (χ3v) is 4.78. The fraction of sp³-hybridized carbons (Fsp3) is 0.300. The van der Waals surface area contributed by atoms with E-state index in [1.54, 1.807) is 12.1 Å². The molecule has 154 valence electrons. The molecule has 4 rings (SSSR count). The van der Waals surface area contributed by atoms with Crippen molar-refractivity contribution in [2.45, 2.75) is 30.7 Å². The van der Waals surface area contributed by atoms with E-state index in [2.05, 4.69) is 0 Å². The van der Waals surface area contributed by atoms with Crippen LogP contribution in [0, 0.1) is 0 Å². The van der Waals surface area contributed by atoms with Crippen molar-refractivity contribution in [1.82, 2.24) is 0 Å². The van der Waals surface area contributed by atoms with Crippen LogP contribution in [0.15, 0.2) is 46.9 Å². The van der Waals surface area contributed by atoms with E-state index in [4.69, 9.17) is 13.9 Å². The number of phenolic OH excluding ortho intramolecular Hbond substituents is 2. The van der Waals surface area contributed by atoms with Gasteiger partial charge in [0.25, 0.3) is 0 Å². The molecule has 1 aliphatic rings. The highest BCUT2D eigenvalue weighted by Crippen LogP contribution is 2.35. The number of rotatable bonds is 4. The summed E-state index contributed by atoms with van der Waals surface area (Å²) in [4.78, 5) is 0. The van der Waals surface area contributed by atoms with Gasteiger partial charge in [-0.1, -0.05) is 0 Å². The van der Waals surface area contributed by atoms with Crippen LogP contribution in [0.4, 0.5) is 0 Å². The monoisotopic (exact) mass is 404 g/mol. The van der Waals surface area contributed by atoms with Crippen LogP contribution in [0.2, 0.25) is 0 Å². The van der Waals surface area contributed by atoms with Crippen molar-refractivity contribution in [2.24, 2.45) is 0 Å². The molecule has 0 amide bonds. The summed E-state index contributed by atoms with van der Waals surface area (Å²) in [5.41, 5.74) is 0.917. The molecule has 9 heteroatoms. The van der Waals surface area contributed by atoms with Gasteiger partial charge in [0.05, 0.1) is 6.61 Å². The number of hydrogen-bond acceptors (Lipinski definition) is 9. The first-order chi connectivity index (χ1) is 13.9. The quantitative estimate of drug-likeness (QED) is 0.369. The van der Waals surface area contributed by atoms with Crippen LogP contribution in [0.5, 0.6) is 17.2 Å². The summed E-state index contributed by atoms with van der Waals surface area (Å²) >= 11 is 0. The van der Waals surface area contributed by atoms with Crippen molar-refractivity contribution in [3.63, 3.8) is 0 Å². The first-order valence-electron chi connectivity index (χ1n) is 8.90. The zero-order chi connectivity index (χ0) is 20.7. The van der Waals surface area contributed by atoms with Gasteiger partial charge in [0.1, 0.15) is 53.0 Å². The number of phenols is 2. The van der Waals surface area contributed by atoms with Crippen molar-refractivity contribution in [3.8, 4) is 28.6 Å². The predicted octanol–water partition coefficient (Wildman–Crippen LogP) is 0.690. The Morgan fingerprint density at radius 2 is 1.66 bits per heavy atom. The number of aliphatic hydroxyl groups excluding tert-OH is 4. The van der Waals surface area contributed by atoms with Crippen molar-refractivity contribution in [2.75, 3.05) is 6.61 Å². The lowest BCUT2D eigenvalue weighted by Crippen LogP contribution is -2.60. The van der Waals surface area contributed by atoms with Crippen LogP contribution >= 0.6 is 0 Å². The summed E-state index contributed by atoms with van der Waals surface area (Å²) < 4.78 is 16.6. The van der Waals surface area contributed by atoms with Crippen molar-refractivity contribution >= 4 is 11.0 Å². The SMILES string of the molecule is OC[C@H]1O[C@H](Oc2cc(O)cc(-c3cc4ccc(O)cc4o3)c2)[C@H](O)[C@@H](O)[C@@H]1O. The van der Waals surface area contributed by atoms with E-state index in [1.807, 2.05) is 0 Å². The molecule has 0 saturated carbocycles. The van der Waals surface area contributed by atoms with Gasteiger partial charge in [0.2, 0.25) is 6.29 Å². The number of aliphatic hydroxyl groups is 4. The Bertz CT molecular complexity index is 1010. The van der Waals surface area contributed by atoms with Gasteiger partial charge in [-0.05, 0) is 30.3 Å². The molecule has 1 aromatic heterocycles. The van der Waals surface area contributed by atoms with E-state index in [0.717, 1.165) is 5.39 Å². The molecule has 2 heterocycles. The average molecular weight is 404 g/mol. The van der Waals surface area contributed by atoms with E-state index in [-0.39, 0.29) is 17.2 Å². The molecule has 0 aliphatic carbocycles. The maximum absolute atomic E-state index is 10.1. The molecular weight excluding hydrogens is 384 g/mol. The number of benzene rings is 2. The third-order valence-electron chi connectivity index (χ3n) is 4.78. The van der Waals surface area contributed by atoms with Crippen LogP contribution in [0.25, 0.3) is 22.3 Å². The second-order valence-corrected chi connectivity index (χ2v) is 6.86. The molecule has 29 heavy (non-hydrogen) atoms. The maximum atomic E-state index is 10.1. The van der Waals surface area contributed by atoms with E-state index in [0.29, 0.717) is 16.9 Å². The molecule has 0 bridgehead atoms. The van der Waals surface area contributed by atoms with Gasteiger partial charge in [-0.3, -0.25) is 0 Å². The number of fused-ring (bicyclic) bond motifs is 1. The molecule has 2 aromatic carbocycles. The van der Waals surface area contributed by atoms with E-state index >= 15 is 0 Å². The first-order valence-corrected chi connectivity index (χ1v) is 8.90. The molecule has 1 fully saturated rings. The minimum absolute atomic E-state index is 0.0564. The number of aromatic hydroxyl groups is 2. The Hall–Kier alpha value is -2.82. The summed E-state index contributed by atoms with van der Waals surface area (Å²) in [6.07, 6.45) is -7.15. The Morgan fingerprint density at radius 3 is 2.41 bits per heavy atom. The Balaban J connectivity index is 1.62. The molecule has 6 N–H and O–H groups in total. The average Bonchev–Trinajstić information content (AvgIpc) is 3.11. The Morgan fingerprint density at radius 1 is 0.862 bits per heavy atom. The minimum Gasteiger partial charge on any atom is -0.508 e. The molecule has 3 aromatic rings. The van der Waals surface area contributed by atoms with Gasteiger partial charge in [0.15, 0.2) is 0 Å². The van der Waals surface area contributed by atoms with Gasteiger partial charge in [0, 0.05) is 23.1 Å². The van der Waals surface area contributed by atoms with Gasteiger partial charge in [-0.25, -0.2) is 0 Å². The molecule has 1 aliphatic heterocycles. The number of furan rings is 1. The largest absolute Gasteiger partial charge is 0.508 e. The fourth-order valence-corrected chi connectivity index (χ4v) is 3.25. The summed E-state index contributed by atoms with van der Waals surface area (Å²) in [5.74, 6) is 0.416. The predicted molar refractivity (Wildman–Crippen MR) is 99.4 cm³/mol. The van der Waals surface area contributed by atoms with Gasteiger partial charge in [-0.2, -0.15) is 0 Å². The summed E-state index contributed by atoms with van der Waals surface area (Å²) in [6.45, 7) is -0.581. The number of ether oxygens (including phenoxy) is 2. The molecule has 0 unspecified atom stereocenters. The van der Waals surface area contributed by atoms with Gasteiger partial charge in [-0.15, -0.1) is 0 Å². The molecule has 1 saturated heterocycles. The molecule has 0 radical (unpaired) electrons. The molecule has 5 atom stereocenters. The van der Waals surface area contributed by atoms with Crippen LogP contribution < -0.4 is 4.74 Å².